The number of aromatic nitrogens is 2. The third-order valence-corrected chi connectivity index (χ3v) is 3.29. The van der Waals surface area contributed by atoms with Gasteiger partial charge in [0.15, 0.2) is 0 Å². The molecule has 0 aliphatic carbocycles. The van der Waals surface area contributed by atoms with E-state index in [4.69, 9.17) is 0 Å². The van der Waals surface area contributed by atoms with Crippen LogP contribution in [0.3, 0.4) is 0 Å². The van der Waals surface area contributed by atoms with Crippen molar-refractivity contribution in [3.8, 4) is 0 Å². The summed E-state index contributed by atoms with van der Waals surface area (Å²) in [6.45, 7) is 3.65. The highest BCUT2D eigenvalue weighted by Gasteiger charge is 2.23. The number of benzene rings is 1. The summed E-state index contributed by atoms with van der Waals surface area (Å²) >= 11 is 0. The number of aryl methyl sites for hydroxylation is 2. The van der Waals surface area contributed by atoms with Crippen molar-refractivity contribution in [1.29, 1.82) is 0 Å². The fraction of sp³-hybridized carbons (Fsp3) is 0.267. The van der Waals surface area contributed by atoms with Gasteiger partial charge in [0.25, 0.3) is 5.91 Å². The molecule has 21 heavy (non-hydrogen) atoms. The van der Waals surface area contributed by atoms with E-state index in [9.17, 15) is 14.7 Å². The third kappa shape index (κ3) is 3.47. The molecule has 0 aliphatic heterocycles. The molecule has 1 atom stereocenters. The predicted octanol–water partition coefficient (Wildman–Crippen LogP) is 1.45. The van der Waals surface area contributed by atoms with Crippen molar-refractivity contribution in [2.75, 3.05) is 0 Å². The van der Waals surface area contributed by atoms with E-state index < -0.39 is 12.0 Å². The first kappa shape index (κ1) is 14.8. The second-order valence-corrected chi connectivity index (χ2v) is 4.91. The molecule has 0 unspecified atom stereocenters. The highest BCUT2D eigenvalue weighted by Crippen LogP contribution is 2.13. The molecule has 0 saturated heterocycles. The maximum absolute atomic E-state index is 12.3. The van der Waals surface area contributed by atoms with Crippen LogP contribution < -0.4 is 5.32 Å². The first-order chi connectivity index (χ1) is 9.99. The standard InChI is InChI=1S/C15H17N3O3/c1-9-4-3-5-10(2)13(9)14(19)18-12(15(20)21)6-11-7-16-8-17-11/h3-5,7-8,12H,6H2,1-2H3,(H,16,17)(H,18,19)(H,20,21)/t12-/m0/s1. The van der Waals surface area contributed by atoms with Crippen LogP contribution in [0.25, 0.3) is 0 Å². The molecule has 0 saturated carbocycles. The molecule has 0 spiro atoms. The normalized spacial score (nSPS) is 11.9. The average molecular weight is 287 g/mol. The summed E-state index contributed by atoms with van der Waals surface area (Å²) in [5.41, 5.74) is 2.81. The Morgan fingerprint density at radius 3 is 2.52 bits per heavy atom. The second kappa shape index (κ2) is 6.21. The molecule has 1 aromatic carbocycles. The van der Waals surface area contributed by atoms with Gasteiger partial charge in [0.05, 0.1) is 6.33 Å². The van der Waals surface area contributed by atoms with Crippen LogP contribution in [0, 0.1) is 13.8 Å². The zero-order valence-corrected chi connectivity index (χ0v) is 11.9. The highest BCUT2D eigenvalue weighted by atomic mass is 16.4. The van der Waals surface area contributed by atoms with Gasteiger partial charge in [0.1, 0.15) is 6.04 Å². The Bertz CT molecular complexity index is 630. The molecule has 1 heterocycles. The van der Waals surface area contributed by atoms with Crippen LogP contribution in [0.5, 0.6) is 0 Å². The van der Waals surface area contributed by atoms with E-state index in [1.807, 2.05) is 32.0 Å². The summed E-state index contributed by atoms with van der Waals surface area (Å²) < 4.78 is 0. The Balaban J connectivity index is 2.17. The van der Waals surface area contributed by atoms with Crippen molar-refractivity contribution in [2.24, 2.45) is 0 Å². The molecule has 0 fully saturated rings. The number of hydrogen-bond donors (Lipinski definition) is 3. The van der Waals surface area contributed by atoms with Crippen molar-refractivity contribution in [3.05, 3.63) is 53.1 Å². The summed E-state index contributed by atoms with van der Waals surface area (Å²) in [6.07, 6.45) is 3.18. The summed E-state index contributed by atoms with van der Waals surface area (Å²) in [6, 6.07) is 4.51. The number of aliphatic carboxylic acids is 1. The van der Waals surface area contributed by atoms with Gasteiger partial charge >= 0.3 is 5.97 Å². The highest BCUT2D eigenvalue weighted by molar-refractivity contribution is 5.99. The number of hydrogen-bond acceptors (Lipinski definition) is 3. The number of carboxylic acid groups (broad SMARTS) is 1. The maximum atomic E-state index is 12.3. The third-order valence-electron chi connectivity index (χ3n) is 3.29. The van der Waals surface area contributed by atoms with Gasteiger partial charge in [0.2, 0.25) is 0 Å². The van der Waals surface area contributed by atoms with Crippen molar-refractivity contribution < 1.29 is 14.7 Å². The SMILES string of the molecule is Cc1cccc(C)c1C(=O)N[C@@H](Cc1cnc[nH]1)C(=O)O. The van der Waals surface area contributed by atoms with Crippen molar-refractivity contribution in [2.45, 2.75) is 26.3 Å². The summed E-state index contributed by atoms with van der Waals surface area (Å²) in [5.74, 6) is -1.46. The maximum Gasteiger partial charge on any atom is 0.326 e. The molecular formula is C15H17N3O3. The molecule has 1 aromatic heterocycles. The van der Waals surface area contributed by atoms with Crippen molar-refractivity contribution in [3.63, 3.8) is 0 Å². The Hall–Kier alpha value is -2.63. The minimum atomic E-state index is -1.08. The molecule has 0 radical (unpaired) electrons. The monoisotopic (exact) mass is 287 g/mol. The molecular weight excluding hydrogens is 270 g/mol. The van der Waals surface area contributed by atoms with E-state index in [0.717, 1.165) is 11.1 Å². The second-order valence-electron chi connectivity index (χ2n) is 4.91. The van der Waals surface area contributed by atoms with Gasteiger partial charge in [-0.05, 0) is 25.0 Å². The van der Waals surface area contributed by atoms with Crippen LogP contribution >= 0.6 is 0 Å². The van der Waals surface area contributed by atoms with E-state index in [1.165, 1.54) is 6.33 Å². The van der Waals surface area contributed by atoms with Gasteiger partial charge in [-0.1, -0.05) is 18.2 Å². The lowest BCUT2D eigenvalue weighted by Crippen LogP contribution is -2.42. The van der Waals surface area contributed by atoms with Crippen LogP contribution in [-0.2, 0) is 11.2 Å². The molecule has 6 nitrogen and oxygen atoms in total. The molecule has 0 aliphatic rings. The number of carbonyl (C=O) groups is 2. The van der Waals surface area contributed by atoms with Crippen molar-refractivity contribution in [1.82, 2.24) is 15.3 Å². The number of imidazole rings is 1. The topological polar surface area (TPSA) is 95.1 Å². The largest absolute Gasteiger partial charge is 0.480 e. The number of nitrogens with one attached hydrogen (secondary N) is 2. The Morgan fingerprint density at radius 1 is 1.33 bits per heavy atom. The lowest BCUT2D eigenvalue weighted by Gasteiger charge is -2.16. The van der Waals surface area contributed by atoms with Crippen LogP contribution in [0.4, 0.5) is 0 Å². The van der Waals surface area contributed by atoms with E-state index in [-0.39, 0.29) is 12.3 Å². The number of carboxylic acids is 1. The number of nitrogens with zero attached hydrogens (tertiary/aromatic N) is 1. The molecule has 2 aromatic rings. The van der Waals surface area contributed by atoms with E-state index in [1.54, 1.807) is 6.20 Å². The van der Waals surface area contributed by atoms with Crippen LogP contribution in [0.15, 0.2) is 30.7 Å². The molecule has 0 bridgehead atoms. The zero-order valence-electron chi connectivity index (χ0n) is 11.9. The summed E-state index contributed by atoms with van der Waals surface area (Å²) in [5, 5.41) is 11.8. The van der Waals surface area contributed by atoms with Gasteiger partial charge in [0, 0.05) is 23.9 Å². The molecule has 1 amide bonds. The van der Waals surface area contributed by atoms with Gasteiger partial charge < -0.3 is 15.4 Å². The van der Waals surface area contributed by atoms with E-state index in [0.29, 0.717) is 11.3 Å². The van der Waals surface area contributed by atoms with Crippen LogP contribution in [0.2, 0.25) is 0 Å². The minimum absolute atomic E-state index is 0.159. The summed E-state index contributed by atoms with van der Waals surface area (Å²) in [7, 11) is 0. The number of H-pyrrole nitrogens is 1. The lowest BCUT2D eigenvalue weighted by atomic mass is 10.0. The van der Waals surface area contributed by atoms with Gasteiger partial charge in [-0.15, -0.1) is 0 Å². The molecule has 2 rings (SSSR count). The smallest absolute Gasteiger partial charge is 0.326 e. The average Bonchev–Trinajstić information content (AvgIpc) is 2.90. The van der Waals surface area contributed by atoms with E-state index in [2.05, 4.69) is 15.3 Å². The Kier molecular flexibility index (Phi) is 4.37. The number of aromatic amines is 1. The lowest BCUT2D eigenvalue weighted by molar-refractivity contribution is -0.139. The number of carbonyl (C=O) groups excluding carboxylic acids is 1. The van der Waals surface area contributed by atoms with Crippen molar-refractivity contribution >= 4 is 11.9 Å². The number of rotatable bonds is 5. The minimum Gasteiger partial charge on any atom is -0.480 e. The molecule has 3 N–H and O–H groups in total. The number of amides is 1. The van der Waals surface area contributed by atoms with E-state index >= 15 is 0 Å². The first-order valence-corrected chi connectivity index (χ1v) is 6.56. The van der Waals surface area contributed by atoms with Crippen LogP contribution in [0.1, 0.15) is 27.2 Å². The zero-order chi connectivity index (χ0) is 15.4. The molecule has 110 valence electrons. The first-order valence-electron chi connectivity index (χ1n) is 6.56. The Labute approximate surface area is 122 Å². The van der Waals surface area contributed by atoms with Gasteiger partial charge in [-0.25, -0.2) is 9.78 Å². The van der Waals surface area contributed by atoms with Gasteiger partial charge in [-0.2, -0.15) is 0 Å². The predicted molar refractivity (Wildman–Crippen MR) is 77.1 cm³/mol. The fourth-order valence-corrected chi connectivity index (χ4v) is 2.22. The van der Waals surface area contributed by atoms with Gasteiger partial charge in [-0.3, -0.25) is 4.79 Å². The van der Waals surface area contributed by atoms with Crippen LogP contribution in [-0.4, -0.2) is 33.0 Å². The Morgan fingerprint density at radius 2 is 2.00 bits per heavy atom. The summed E-state index contributed by atoms with van der Waals surface area (Å²) in [4.78, 5) is 30.3. The quantitative estimate of drug-likeness (QED) is 0.775. The molecule has 6 heteroatoms. The fourth-order valence-electron chi connectivity index (χ4n) is 2.22.